The predicted molar refractivity (Wildman–Crippen MR) is 135 cm³/mol. The highest BCUT2D eigenvalue weighted by Crippen LogP contribution is 2.36. The van der Waals surface area contributed by atoms with Crippen LogP contribution in [-0.2, 0) is 18.8 Å². The highest BCUT2D eigenvalue weighted by Gasteiger charge is 2.38. The second-order valence-corrected chi connectivity index (χ2v) is 14.5. The molecule has 11 heteroatoms. The van der Waals surface area contributed by atoms with Gasteiger partial charge in [-0.2, -0.15) is 0 Å². The van der Waals surface area contributed by atoms with Gasteiger partial charge in [-0.3, -0.25) is 14.5 Å². The van der Waals surface area contributed by atoms with Gasteiger partial charge in [-0.25, -0.2) is 9.59 Å². The van der Waals surface area contributed by atoms with Crippen LogP contribution in [0.3, 0.4) is 0 Å². The van der Waals surface area contributed by atoms with E-state index < -0.39 is 38.2 Å². The van der Waals surface area contributed by atoms with Gasteiger partial charge in [-0.05, 0) is 44.7 Å². The number of nitrogens with zero attached hydrogens (tertiary/aromatic N) is 3. The number of nitrogens with one attached hydrogen (secondary N) is 1. The number of piperazine rings is 1. The zero-order chi connectivity index (χ0) is 26.7. The number of carboxylic acids is 1. The van der Waals surface area contributed by atoms with Crippen molar-refractivity contribution in [2.75, 3.05) is 45.9 Å². The second-order valence-electron chi connectivity index (χ2n) is 9.70. The Morgan fingerprint density at radius 3 is 1.97 bits per heavy atom. The van der Waals surface area contributed by atoms with Crippen LogP contribution < -0.4 is 5.32 Å². The number of likely N-dealkylation sites (N-methyl/N-ethyl adjacent to an activating group) is 1. The molecule has 2 N–H and O–H groups in total. The zero-order valence-corrected chi connectivity index (χ0v) is 23.6. The Labute approximate surface area is 206 Å². The van der Waals surface area contributed by atoms with Crippen molar-refractivity contribution in [2.24, 2.45) is 0 Å². The Hall–Kier alpha value is -1.98. The first kappa shape index (κ1) is 32.0. The topological polar surface area (TPSA) is 119 Å². The lowest BCUT2D eigenvalue weighted by Crippen LogP contribution is -2.59. The summed E-state index contributed by atoms with van der Waals surface area (Å²) in [5.74, 6) is -2.91. The molecule has 1 atom stereocenters. The molecule has 1 saturated heterocycles. The smallest absolute Gasteiger partial charge is 0.326 e. The van der Waals surface area contributed by atoms with Gasteiger partial charge in [0.05, 0.1) is 0 Å². The number of rotatable bonds is 10. The molecule has 0 spiro atoms. The van der Waals surface area contributed by atoms with E-state index in [1.807, 2.05) is 0 Å². The molecule has 1 aliphatic rings. The molecule has 0 aliphatic carbocycles. The molecule has 0 bridgehead atoms. The van der Waals surface area contributed by atoms with Gasteiger partial charge < -0.3 is 24.6 Å². The number of imide groups is 1. The molecule has 1 rings (SSSR count). The standard InChI is InChI=1S/C17H31N3O6Si.C6H15N/c1-7-19-9-10-20(14(22)13(19)21)16(25)18-12(15(23)24)8-11-26-27(5,6)17(2,3)4;1-4-7(5-2)6-3/h12H,7-11H2,1-6H3,(H,18,25)(H,23,24);4-6H2,1-3H3. The summed E-state index contributed by atoms with van der Waals surface area (Å²) in [5.41, 5.74) is 0. The van der Waals surface area contributed by atoms with Crippen LogP contribution in [0.4, 0.5) is 4.79 Å². The van der Waals surface area contributed by atoms with E-state index in [-0.39, 0.29) is 31.2 Å². The van der Waals surface area contributed by atoms with Crippen molar-refractivity contribution in [3.63, 3.8) is 0 Å². The lowest BCUT2D eigenvalue weighted by molar-refractivity contribution is -0.153. The number of aliphatic carboxylic acids is 1. The van der Waals surface area contributed by atoms with Crippen molar-refractivity contribution in [1.29, 1.82) is 0 Å². The largest absolute Gasteiger partial charge is 0.480 e. The Kier molecular flexibility index (Phi) is 13.6. The summed E-state index contributed by atoms with van der Waals surface area (Å²) in [7, 11) is -2.03. The van der Waals surface area contributed by atoms with Gasteiger partial charge in [-0.1, -0.05) is 41.5 Å². The average Bonchev–Trinajstić information content (AvgIpc) is 2.75. The SMILES string of the molecule is CCN(CC)CC.CCN1CCN(C(=O)NC(CCO[Si](C)(C)C(C)(C)C)C(=O)O)C(=O)C1=O. The summed E-state index contributed by atoms with van der Waals surface area (Å²) in [6.07, 6.45) is 0.0741. The molecular formula is C23H46N4O6Si. The fourth-order valence-corrected chi connectivity index (χ4v) is 4.03. The number of carbonyl (C=O) groups is 4. The van der Waals surface area contributed by atoms with Crippen LogP contribution in [0.2, 0.25) is 18.1 Å². The van der Waals surface area contributed by atoms with E-state index >= 15 is 0 Å². The molecule has 0 radical (unpaired) electrons. The average molecular weight is 503 g/mol. The maximum atomic E-state index is 12.3. The summed E-state index contributed by atoms with van der Waals surface area (Å²) in [5, 5.41) is 11.7. The van der Waals surface area contributed by atoms with Crippen LogP contribution >= 0.6 is 0 Å². The second kappa shape index (κ2) is 14.4. The van der Waals surface area contributed by atoms with Gasteiger partial charge in [-0.15, -0.1) is 0 Å². The van der Waals surface area contributed by atoms with Crippen LogP contribution in [0.5, 0.6) is 0 Å². The Morgan fingerprint density at radius 1 is 1.06 bits per heavy atom. The number of hydrogen-bond acceptors (Lipinski definition) is 6. The third-order valence-corrected chi connectivity index (χ3v) is 11.1. The molecule has 0 aromatic heterocycles. The lowest BCUT2D eigenvalue weighted by Gasteiger charge is -2.36. The van der Waals surface area contributed by atoms with Crippen molar-refractivity contribution in [2.45, 2.75) is 79.1 Å². The van der Waals surface area contributed by atoms with E-state index in [1.165, 1.54) is 24.5 Å². The number of hydrogen-bond donors (Lipinski definition) is 2. The number of urea groups is 1. The van der Waals surface area contributed by atoms with E-state index in [1.54, 1.807) is 6.92 Å². The quantitative estimate of drug-likeness (QED) is 0.348. The van der Waals surface area contributed by atoms with Gasteiger partial charge in [0.2, 0.25) is 0 Å². The normalized spacial score (nSPS) is 15.7. The minimum atomic E-state index is -2.03. The number of amides is 4. The van der Waals surface area contributed by atoms with E-state index in [0.717, 1.165) is 4.90 Å². The van der Waals surface area contributed by atoms with Crippen molar-refractivity contribution >= 4 is 32.1 Å². The Morgan fingerprint density at radius 2 is 1.59 bits per heavy atom. The van der Waals surface area contributed by atoms with E-state index in [2.05, 4.69) is 64.9 Å². The third-order valence-electron chi connectivity index (χ3n) is 6.55. The molecule has 1 unspecified atom stereocenters. The third kappa shape index (κ3) is 9.71. The summed E-state index contributed by atoms with van der Waals surface area (Å²) in [6, 6.07) is -2.07. The Balaban J connectivity index is 0.00000135. The summed E-state index contributed by atoms with van der Waals surface area (Å²) in [4.78, 5) is 52.2. The molecule has 0 aromatic carbocycles. The summed E-state index contributed by atoms with van der Waals surface area (Å²) in [6.45, 7) is 23.0. The number of carboxylic acid groups (broad SMARTS) is 1. The predicted octanol–water partition coefficient (Wildman–Crippen LogP) is 2.60. The highest BCUT2D eigenvalue weighted by atomic mass is 28.4. The van der Waals surface area contributed by atoms with Crippen molar-refractivity contribution in [3.05, 3.63) is 0 Å². The minimum absolute atomic E-state index is 0.0132. The van der Waals surface area contributed by atoms with E-state index in [9.17, 15) is 24.3 Å². The molecule has 0 aromatic rings. The molecule has 10 nitrogen and oxygen atoms in total. The van der Waals surface area contributed by atoms with Gasteiger partial charge in [0, 0.05) is 32.7 Å². The fourth-order valence-electron chi connectivity index (χ4n) is 2.97. The monoisotopic (exact) mass is 502 g/mol. The summed E-state index contributed by atoms with van der Waals surface area (Å²) < 4.78 is 5.95. The zero-order valence-electron chi connectivity index (χ0n) is 22.6. The highest BCUT2D eigenvalue weighted by molar-refractivity contribution is 6.74. The maximum absolute atomic E-state index is 12.3. The minimum Gasteiger partial charge on any atom is -0.480 e. The van der Waals surface area contributed by atoms with Gasteiger partial charge >= 0.3 is 23.8 Å². The van der Waals surface area contributed by atoms with Gasteiger partial charge in [0.15, 0.2) is 8.32 Å². The van der Waals surface area contributed by atoms with E-state index in [4.69, 9.17) is 4.43 Å². The van der Waals surface area contributed by atoms with E-state index in [0.29, 0.717) is 6.54 Å². The molecule has 198 valence electrons. The van der Waals surface area contributed by atoms with Gasteiger partial charge in [0.1, 0.15) is 6.04 Å². The van der Waals surface area contributed by atoms with Crippen molar-refractivity contribution in [3.8, 4) is 0 Å². The molecule has 34 heavy (non-hydrogen) atoms. The maximum Gasteiger partial charge on any atom is 0.326 e. The first-order valence-corrected chi connectivity index (χ1v) is 15.1. The van der Waals surface area contributed by atoms with Crippen LogP contribution in [-0.4, -0.2) is 104 Å². The van der Waals surface area contributed by atoms with Crippen LogP contribution in [0.1, 0.15) is 54.9 Å². The fraction of sp³-hybridized carbons (Fsp3) is 0.826. The first-order valence-electron chi connectivity index (χ1n) is 12.2. The van der Waals surface area contributed by atoms with Crippen molar-refractivity contribution < 1.29 is 28.7 Å². The molecule has 1 fully saturated rings. The Bertz CT molecular complexity index is 686. The van der Waals surface area contributed by atoms with Crippen LogP contribution in [0, 0.1) is 0 Å². The van der Waals surface area contributed by atoms with Crippen molar-refractivity contribution in [1.82, 2.24) is 20.0 Å². The summed E-state index contributed by atoms with van der Waals surface area (Å²) >= 11 is 0. The van der Waals surface area contributed by atoms with Crippen LogP contribution in [0.15, 0.2) is 0 Å². The lowest BCUT2D eigenvalue weighted by atomic mass is 10.2. The molecule has 1 heterocycles. The molecule has 1 aliphatic heterocycles. The first-order chi connectivity index (χ1) is 15.7. The van der Waals surface area contributed by atoms with Crippen LogP contribution in [0.25, 0.3) is 0 Å². The number of carbonyl (C=O) groups excluding carboxylic acids is 3. The molecule has 4 amide bonds. The van der Waals surface area contributed by atoms with Gasteiger partial charge in [0.25, 0.3) is 0 Å². The molecule has 0 saturated carbocycles. The molecular weight excluding hydrogens is 456 g/mol.